The lowest BCUT2D eigenvalue weighted by molar-refractivity contribution is 1.08. The van der Waals surface area contributed by atoms with E-state index in [1.54, 1.807) is 11.3 Å². The zero-order valence-electron chi connectivity index (χ0n) is 36.6. The molecule has 0 bridgehead atoms. The van der Waals surface area contributed by atoms with E-state index in [1.807, 2.05) is 0 Å². The maximum absolute atomic E-state index is 5.52. The van der Waals surface area contributed by atoms with Gasteiger partial charge in [-0.1, -0.05) is 188 Å². The second-order valence-electron chi connectivity index (χ2n) is 17.5. The van der Waals surface area contributed by atoms with E-state index in [9.17, 15) is 0 Å². The molecule has 0 aliphatic rings. The topological polar surface area (TPSA) is 43.6 Å². The first-order valence-electron chi connectivity index (χ1n) is 23.0. The van der Waals surface area contributed by atoms with Crippen LogP contribution in [0.4, 0.5) is 0 Å². The van der Waals surface area contributed by atoms with Gasteiger partial charge in [-0.05, 0) is 86.1 Å². The molecule has 5 heteroatoms. The van der Waals surface area contributed by atoms with Crippen LogP contribution in [-0.2, 0) is 0 Å². The molecule has 316 valence electrons. The quantitative estimate of drug-likeness (QED) is 0.167. The largest absolute Gasteiger partial charge is 0.308 e. The van der Waals surface area contributed by atoms with Gasteiger partial charge in [0.15, 0.2) is 17.5 Å². The fourth-order valence-electron chi connectivity index (χ4n) is 10.4. The van der Waals surface area contributed by atoms with Gasteiger partial charge >= 0.3 is 0 Å². The van der Waals surface area contributed by atoms with E-state index in [4.69, 9.17) is 15.0 Å². The smallest absolute Gasteiger partial charge is 0.165 e. The van der Waals surface area contributed by atoms with Gasteiger partial charge in [0.2, 0.25) is 0 Å². The minimum Gasteiger partial charge on any atom is -0.308 e. The lowest BCUT2D eigenvalue weighted by Crippen LogP contribution is -2.03. The number of aromatic nitrogens is 4. The Balaban J connectivity index is 1.08. The van der Waals surface area contributed by atoms with Crippen LogP contribution in [-0.4, -0.2) is 19.5 Å². The van der Waals surface area contributed by atoms with Crippen LogP contribution in [0.5, 0.6) is 0 Å². The Bertz CT molecular complexity index is 4320. The Hall–Kier alpha value is -8.77. The molecule has 0 aliphatic heterocycles. The fourth-order valence-corrected chi connectivity index (χ4v) is 11.6. The van der Waals surface area contributed by atoms with Crippen molar-refractivity contribution in [2.24, 2.45) is 0 Å². The molecule has 0 amide bonds. The first-order valence-corrected chi connectivity index (χ1v) is 23.8. The molecule has 14 rings (SSSR count). The van der Waals surface area contributed by atoms with Crippen LogP contribution < -0.4 is 0 Å². The van der Waals surface area contributed by atoms with Crippen molar-refractivity contribution in [1.82, 2.24) is 19.5 Å². The zero-order chi connectivity index (χ0) is 44.7. The number of hydrogen-bond donors (Lipinski definition) is 0. The predicted octanol–water partition coefficient (Wildman–Crippen LogP) is 17.1. The van der Waals surface area contributed by atoms with Gasteiger partial charge in [0, 0.05) is 58.6 Å². The van der Waals surface area contributed by atoms with Crippen LogP contribution in [0.25, 0.3) is 136 Å². The van der Waals surface area contributed by atoms with E-state index < -0.39 is 0 Å². The summed E-state index contributed by atoms with van der Waals surface area (Å²) in [5.74, 6) is 1.89. The van der Waals surface area contributed by atoms with Gasteiger partial charge in [-0.2, -0.15) is 0 Å². The third-order valence-electron chi connectivity index (χ3n) is 13.6. The van der Waals surface area contributed by atoms with Gasteiger partial charge in [0.1, 0.15) is 0 Å². The van der Waals surface area contributed by atoms with E-state index in [0.29, 0.717) is 17.5 Å². The molecule has 0 aliphatic carbocycles. The minimum absolute atomic E-state index is 0.620. The highest BCUT2D eigenvalue weighted by Crippen LogP contribution is 2.45. The fraction of sp³-hybridized carbons (Fsp3) is 0. The molecule has 0 radical (unpaired) electrons. The zero-order valence-corrected chi connectivity index (χ0v) is 37.5. The second kappa shape index (κ2) is 15.4. The van der Waals surface area contributed by atoms with Crippen LogP contribution in [0.2, 0.25) is 0 Å². The molecule has 11 aromatic carbocycles. The molecule has 0 spiro atoms. The molecular formula is C63H38N4S. The number of fused-ring (bicyclic) bond motifs is 9. The van der Waals surface area contributed by atoms with Crippen molar-refractivity contribution in [3.05, 3.63) is 231 Å². The van der Waals surface area contributed by atoms with Crippen molar-refractivity contribution in [3.8, 4) is 62.1 Å². The molecule has 3 aromatic heterocycles. The normalized spacial score (nSPS) is 11.8. The van der Waals surface area contributed by atoms with Crippen molar-refractivity contribution >= 4 is 85.6 Å². The molecule has 0 unspecified atom stereocenters. The molecule has 0 N–H and O–H groups in total. The van der Waals surface area contributed by atoms with Crippen molar-refractivity contribution in [2.75, 3.05) is 0 Å². The van der Waals surface area contributed by atoms with Crippen LogP contribution in [0.3, 0.4) is 0 Å². The van der Waals surface area contributed by atoms with Crippen molar-refractivity contribution in [3.63, 3.8) is 0 Å². The summed E-state index contributed by atoms with van der Waals surface area (Å²) in [5, 5.41) is 11.8. The first-order chi connectivity index (χ1) is 33.7. The van der Waals surface area contributed by atoms with E-state index in [-0.39, 0.29) is 0 Å². The van der Waals surface area contributed by atoms with Crippen LogP contribution in [0.15, 0.2) is 231 Å². The van der Waals surface area contributed by atoms with Gasteiger partial charge in [0.05, 0.1) is 16.7 Å². The summed E-state index contributed by atoms with van der Waals surface area (Å²) < 4.78 is 4.89. The van der Waals surface area contributed by atoms with Crippen LogP contribution in [0, 0.1) is 0 Å². The van der Waals surface area contributed by atoms with E-state index in [0.717, 1.165) is 71.0 Å². The maximum Gasteiger partial charge on any atom is 0.165 e. The first kappa shape index (κ1) is 38.5. The monoisotopic (exact) mass is 882 g/mol. The molecule has 3 heterocycles. The predicted molar refractivity (Wildman–Crippen MR) is 287 cm³/mol. The Morgan fingerprint density at radius 2 is 0.868 bits per heavy atom. The third-order valence-corrected chi connectivity index (χ3v) is 14.8. The summed E-state index contributed by atoms with van der Waals surface area (Å²) in [6.45, 7) is 0. The molecule has 0 fully saturated rings. The van der Waals surface area contributed by atoms with Crippen molar-refractivity contribution in [2.45, 2.75) is 0 Å². The molecule has 0 atom stereocenters. The molecular weight excluding hydrogens is 845 g/mol. The van der Waals surface area contributed by atoms with Gasteiger partial charge in [-0.15, -0.1) is 11.3 Å². The highest BCUT2D eigenvalue weighted by atomic mass is 32.1. The Kier molecular flexibility index (Phi) is 8.73. The van der Waals surface area contributed by atoms with Gasteiger partial charge < -0.3 is 4.57 Å². The van der Waals surface area contributed by atoms with Gasteiger partial charge in [-0.25, -0.2) is 15.0 Å². The van der Waals surface area contributed by atoms with Crippen molar-refractivity contribution in [1.29, 1.82) is 0 Å². The summed E-state index contributed by atoms with van der Waals surface area (Å²) in [6.07, 6.45) is 0. The van der Waals surface area contributed by atoms with E-state index >= 15 is 0 Å². The Morgan fingerprint density at radius 3 is 1.68 bits per heavy atom. The third kappa shape index (κ3) is 6.17. The lowest BCUT2D eigenvalue weighted by Gasteiger charge is -2.20. The average molecular weight is 883 g/mol. The van der Waals surface area contributed by atoms with E-state index in [2.05, 4.69) is 235 Å². The Morgan fingerprint density at radius 1 is 0.294 bits per heavy atom. The molecule has 0 saturated heterocycles. The average Bonchev–Trinajstić information content (AvgIpc) is 3.95. The molecule has 0 saturated carbocycles. The summed E-state index contributed by atoms with van der Waals surface area (Å²) in [5.41, 5.74) is 10.8. The van der Waals surface area contributed by atoms with Crippen LogP contribution >= 0.6 is 11.3 Å². The van der Waals surface area contributed by atoms with Gasteiger partial charge in [0.25, 0.3) is 0 Å². The lowest BCUT2D eigenvalue weighted by atomic mass is 9.92. The van der Waals surface area contributed by atoms with E-state index in [1.165, 1.54) is 48.0 Å². The SMILES string of the molecule is c1ccc(-c2ccc(-c3cc(-c4nc(-c5ccc6ccccc6c5)nc(-c5cccc6c5sc5ccccc56)n4)c4ccccc4c3-n3c4ccccc4c4cc5ccccc5cc43)cc2)cc1. The summed E-state index contributed by atoms with van der Waals surface area (Å²) >= 11 is 1.79. The summed E-state index contributed by atoms with van der Waals surface area (Å²) in [7, 11) is 0. The Labute approximate surface area is 395 Å². The standard InChI is InChI=1S/C63H38N4S/c1-2-15-39(16-3-1)41-29-32-42(33-30-41)53-38-55(47-21-8-9-24-50(47)59(53)67-56-27-12-10-22-48(56)54-36-44-19-6-7-20-45(44)37-57(54)67)63-65-61(46-34-31-40-17-4-5-18-43(40)35-46)64-62(66-63)52-26-14-25-51-49-23-11-13-28-58(49)68-60(51)52/h1-38H. The molecule has 68 heavy (non-hydrogen) atoms. The van der Waals surface area contributed by atoms with Crippen LogP contribution in [0.1, 0.15) is 0 Å². The highest BCUT2D eigenvalue weighted by molar-refractivity contribution is 7.26. The summed E-state index contributed by atoms with van der Waals surface area (Å²) in [4.78, 5) is 16.4. The number of rotatable bonds is 6. The number of para-hydroxylation sites is 1. The molecule has 4 nitrogen and oxygen atoms in total. The highest BCUT2D eigenvalue weighted by Gasteiger charge is 2.24. The second-order valence-corrected chi connectivity index (χ2v) is 18.6. The van der Waals surface area contributed by atoms with Crippen molar-refractivity contribution < 1.29 is 0 Å². The molecule has 14 aromatic rings. The van der Waals surface area contributed by atoms with Gasteiger partial charge in [-0.3, -0.25) is 0 Å². The number of benzene rings is 11. The maximum atomic E-state index is 5.52. The number of nitrogens with zero attached hydrogens (tertiary/aromatic N) is 4. The minimum atomic E-state index is 0.620. The number of thiophene rings is 1. The number of hydrogen-bond acceptors (Lipinski definition) is 4. The summed E-state index contributed by atoms with van der Waals surface area (Å²) in [6, 6.07) is 83.0.